The standard InChI is InChI=1S/C62H40N2O/c1-2-23-46-43(18-1)40-56(49-25-4-3-24-48(46)49)42-20-16-22-45(39-42)63(44-21-15-19-41(38-44)47-31-17-32-55-54-30-9-14-37-61(54)65-62(47)55)57-33-10-5-26-50(57)51-27-6-11-34-58(51)64-59-35-12-7-28-52(59)53-29-8-13-36-60(53)64/h1-40H. The van der Waals surface area contributed by atoms with Gasteiger partial charge in [-0.05, 0) is 98.9 Å². The van der Waals surface area contributed by atoms with Crippen molar-refractivity contribution in [3.05, 3.63) is 243 Å². The summed E-state index contributed by atoms with van der Waals surface area (Å²) < 4.78 is 9.04. The molecule has 13 aromatic rings. The Morgan fingerprint density at radius 3 is 1.60 bits per heavy atom. The average Bonchev–Trinajstić information content (AvgIpc) is 3.93. The van der Waals surface area contributed by atoms with Gasteiger partial charge in [0.25, 0.3) is 0 Å². The van der Waals surface area contributed by atoms with Crippen molar-refractivity contribution in [1.82, 2.24) is 4.57 Å². The van der Waals surface area contributed by atoms with Gasteiger partial charge in [-0.15, -0.1) is 0 Å². The fourth-order valence-electron chi connectivity index (χ4n) is 10.3. The van der Waals surface area contributed by atoms with Gasteiger partial charge < -0.3 is 13.9 Å². The van der Waals surface area contributed by atoms with Gasteiger partial charge in [0.1, 0.15) is 11.2 Å². The molecular weight excluding hydrogens is 789 g/mol. The summed E-state index contributed by atoms with van der Waals surface area (Å²) in [7, 11) is 0. The largest absolute Gasteiger partial charge is 0.455 e. The highest BCUT2D eigenvalue weighted by Gasteiger charge is 2.23. The molecule has 0 unspecified atom stereocenters. The van der Waals surface area contributed by atoms with Crippen LogP contribution in [-0.4, -0.2) is 4.57 Å². The Hall–Kier alpha value is -8.66. The van der Waals surface area contributed by atoms with E-state index in [0.717, 1.165) is 72.5 Å². The second-order valence-corrected chi connectivity index (χ2v) is 16.8. The van der Waals surface area contributed by atoms with Crippen molar-refractivity contribution in [2.45, 2.75) is 0 Å². The van der Waals surface area contributed by atoms with Crippen LogP contribution in [0.15, 0.2) is 247 Å². The van der Waals surface area contributed by atoms with Gasteiger partial charge in [0.2, 0.25) is 0 Å². The third kappa shape index (κ3) is 5.97. The van der Waals surface area contributed by atoms with Gasteiger partial charge in [0, 0.05) is 49.6 Å². The normalized spacial score (nSPS) is 11.7. The van der Waals surface area contributed by atoms with Gasteiger partial charge in [-0.3, -0.25) is 0 Å². The number of benzene rings is 11. The van der Waals surface area contributed by atoms with E-state index in [4.69, 9.17) is 4.42 Å². The minimum absolute atomic E-state index is 0.890. The topological polar surface area (TPSA) is 21.3 Å². The van der Waals surface area contributed by atoms with Crippen molar-refractivity contribution in [2.75, 3.05) is 4.90 Å². The first-order chi connectivity index (χ1) is 32.3. The van der Waals surface area contributed by atoms with E-state index in [1.807, 2.05) is 6.07 Å². The summed E-state index contributed by atoms with van der Waals surface area (Å²) in [6, 6.07) is 87.8. The zero-order valence-electron chi connectivity index (χ0n) is 35.4. The van der Waals surface area contributed by atoms with Crippen LogP contribution < -0.4 is 4.90 Å². The first-order valence-corrected chi connectivity index (χ1v) is 22.3. The summed E-state index contributed by atoms with van der Waals surface area (Å²) in [5.41, 5.74) is 15.2. The molecule has 0 aliphatic heterocycles. The fraction of sp³-hybridized carbons (Fsp3) is 0. The van der Waals surface area contributed by atoms with Crippen molar-refractivity contribution in [2.24, 2.45) is 0 Å². The molecule has 3 heteroatoms. The third-order valence-corrected chi connectivity index (χ3v) is 13.2. The molecule has 0 amide bonds. The Kier molecular flexibility index (Phi) is 8.53. The third-order valence-electron chi connectivity index (χ3n) is 13.2. The fourth-order valence-corrected chi connectivity index (χ4v) is 10.3. The minimum Gasteiger partial charge on any atom is -0.455 e. The first kappa shape index (κ1) is 36.9. The molecule has 0 aliphatic carbocycles. The number of nitrogens with zero attached hydrogens (tertiary/aromatic N) is 2. The quantitative estimate of drug-likeness (QED) is 0.149. The van der Waals surface area contributed by atoms with E-state index in [2.05, 4.69) is 246 Å². The number of aromatic nitrogens is 1. The van der Waals surface area contributed by atoms with Gasteiger partial charge in [0.15, 0.2) is 0 Å². The van der Waals surface area contributed by atoms with Crippen LogP contribution in [0.25, 0.3) is 104 Å². The summed E-state index contributed by atoms with van der Waals surface area (Å²) in [6.07, 6.45) is 0. The minimum atomic E-state index is 0.890. The molecule has 0 saturated carbocycles. The molecular formula is C62H40N2O. The van der Waals surface area contributed by atoms with Gasteiger partial charge in [-0.1, -0.05) is 182 Å². The highest BCUT2D eigenvalue weighted by Crippen LogP contribution is 2.47. The molecule has 3 nitrogen and oxygen atoms in total. The predicted octanol–water partition coefficient (Wildman–Crippen LogP) is 17.5. The molecule has 0 atom stereocenters. The van der Waals surface area contributed by atoms with Crippen LogP contribution in [0.1, 0.15) is 0 Å². The molecule has 0 N–H and O–H groups in total. The van der Waals surface area contributed by atoms with Gasteiger partial charge in [-0.25, -0.2) is 0 Å². The predicted molar refractivity (Wildman–Crippen MR) is 274 cm³/mol. The van der Waals surface area contributed by atoms with Gasteiger partial charge in [-0.2, -0.15) is 0 Å². The number of rotatable bonds is 7. The van der Waals surface area contributed by atoms with Crippen LogP contribution in [0.3, 0.4) is 0 Å². The van der Waals surface area contributed by atoms with Crippen molar-refractivity contribution >= 4 is 82.4 Å². The van der Waals surface area contributed by atoms with Crippen molar-refractivity contribution in [3.63, 3.8) is 0 Å². The van der Waals surface area contributed by atoms with E-state index in [-0.39, 0.29) is 0 Å². The van der Waals surface area contributed by atoms with Crippen LogP contribution in [0.2, 0.25) is 0 Å². The van der Waals surface area contributed by atoms with E-state index in [0.29, 0.717) is 0 Å². The second-order valence-electron chi connectivity index (χ2n) is 16.8. The van der Waals surface area contributed by atoms with E-state index < -0.39 is 0 Å². The Morgan fingerprint density at radius 2 is 0.846 bits per heavy atom. The van der Waals surface area contributed by atoms with Crippen molar-refractivity contribution in [1.29, 1.82) is 0 Å². The Balaban J connectivity index is 1.05. The second kappa shape index (κ2) is 15.0. The Bertz CT molecular complexity index is 3930. The summed E-state index contributed by atoms with van der Waals surface area (Å²) in [5, 5.41) is 9.68. The lowest BCUT2D eigenvalue weighted by Gasteiger charge is -2.29. The molecule has 11 aromatic carbocycles. The maximum absolute atomic E-state index is 6.61. The molecule has 0 bridgehead atoms. The number of hydrogen-bond acceptors (Lipinski definition) is 2. The maximum atomic E-state index is 6.61. The van der Waals surface area contributed by atoms with Crippen LogP contribution in [0, 0.1) is 0 Å². The van der Waals surface area contributed by atoms with Crippen LogP contribution in [-0.2, 0) is 0 Å². The molecule has 0 radical (unpaired) electrons. The van der Waals surface area contributed by atoms with Crippen LogP contribution >= 0.6 is 0 Å². The lowest BCUT2D eigenvalue weighted by atomic mass is 9.93. The molecule has 0 spiro atoms. The van der Waals surface area contributed by atoms with E-state index in [1.54, 1.807) is 0 Å². The monoisotopic (exact) mass is 828 g/mol. The van der Waals surface area contributed by atoms with Crippen LogP contribution in [0.4, 0.5) is 17.1 Å². The zero-order valence-corrected chi connectivity index (χ0v) is 35.4. The molecule has 13 rings (SSSR count). The highest BCUT2D eigenvalue weighted by atomic mass is 16.3. The van der Waals surface area contributed by atoms with Crippen molar-refractivity contribution in [3.8, 4) is 39.1 Å². The number of para-hydroxylation sites is 6. The average molecular weight is 829 g/mol. The first-order valence-electron chi connectivity index (χ1n) is 22.3. The zero-order chi connectivity index (χ0) is 42.8. The summed E-state index contributed by atoms with van der Waals surface area (Å²) in [4.78, 5) is 2.44. The van der Waals surface area contributed by atoms with Crippen LogP contribution in [0.5, 0.6) is 0 Å². The molecule has 2 heterocycles. The number of anilines is 3. The molecule has 2 aromatic heterocycles. The summed E-state index contributed by atoms with van der Waals surface area (Å²) in [5.74, 6) is 0. The van der Waals surface area contributed by atoms with E-state index in [9.17, 15) is 0 Å². The number of furan rings is 1. The molecule has 0 saturated heterocycles. The number of fused-ring (bicyclic) bond motifs is 9. The van der Waals surface area contributed by atoms with Gasteiger partial charge >= 0.3 is 0 Å². The Morgan fingerprint density at radius 1 is 0.323 bits per heavy atom. The van der Waals surface area contributed by atoms with E-state index in [1.165, 1.54) is 48.9 Å². The maximum Gasteiger partial charge on any atom is 0.143 e. The lowest BCUT2D eigenvalue weighted by Crippen LogP contribution is -2.12. The molecule has 0 aliphatic rings. The number of hydrogen-bond donors (Lipinski definition) is 0. The highest BCUT2D eigenvalue weighted by molar-refractivity contribution is 6.14. The van der Waals surface area contributed by atoms with Gasteiger partial charge in [0.05, 0.1) is 22.4 Å². The molecule has 0 fully saturated rings. The molecule has 65 heavy (non-hydrogen) atoms. The lowest BCUT2D eigenvalue weighted by molar-refractivity contribution is 0.670. The van der Waals surface area contributed by atoms with Crippen molar-refractivity contribution < 1.29 is 4.42 Å². The Labute approximate surface area is 376 Å². The smallest absolute Gasteiger partial charge is 0.143 e. The molecule has 304 valence electrons. The summed E-state index contributed by atoms with van der Waals surface area (Å²) >= 11 is 0. The SMILES string of the molecule is c1cc(-c2cc3ccccc3c3ccccc23)cc(N(c2cccc(-c3cccc4c3oc3ccccc34)c2)c2ccccc2-c2ccccc2-n2c3ccccc3c3ccccc32)c1. The van der Waals surface area contributed by atoms with E-state index >= 15 is 0 Å². The summed E-state index contributed by atoms with van der Waals surface area (Å²) in [6.45, 7) is 0.